The number of nitrogens with zero attached hydrogens (tertiary/aromatic N) is 1. The molecule has 1 saturated heterocycles. The second-order valence-corrected chi connectivity index (χ2v) is 5.73. The minimum absolute atomic E-state index is 0.124. The smallest absolute Gasteiger partial charge is 0.181 e. The second-order valence-electron chi connectivity index (χ2n) is 5.73. The Morgan fingerprint density at radius 1 is 1.26 bits per heavy atom. The lowest BCUT2D eigenvalue weighted by Gasteiger charge is -2.41. The number of methoxy groups -OCH3 is 2. The minimum atomic E-state index is -0.969. The normalized spacial score (nSPS) is 37.0. The molecule has 4 heteroatoms. The van der Waals surface area contributed by atoms with E-state index in [0.29, 0.717) is 5.92 Å². The van der Waals surface area contributed by atoms with Crippen LogP contribution in [-0.2, 0) is 9.47 Å². The lowest BCUT2D eigenvalue weighted by Crippen LogP contribution is -2.54. The van der Waals surface area contributed by atoms with Crippen molar-refractivity contribution >= 4 is 0 Å². The largest absolute Gasteiger partial charge is 0.505 e. The third kappa shape index (κ3) is 3.30. The van der Waals surface area contributed by atoms with E-state index >= 15 is 0 Å². The van der Waals surface area contributed by atoms with Crippen LogP contribution >= 0.6 is 0 Å². The second kappa shape index (κ2) is 6.73. The molecule has 2 rings (SSSR count). The number of aliphatic hydroxyl groups is 1. The van der Waals surface area contributed by atoms with E-state index < -0.39 is 5.79 Å². The summed E-state index contributed by atoms with van der Waals surface area (Å²) in [7, 11) is 3.29. The summed E-state index contributed by atoms with van der Waals surface area (Å²) in [4.78, 5) is 2.44. The number of hydrogen-bond donors (Lipinski definition) is 1. The van der Waals surface area contributed by atoms with Crippen molar-refractivity contribution in [1.29, 1.82) is 0 Å². The van der Waals surface area contributed by atoms with Gasteiger partial charge in [-0.15, -0.1) is 0 Å². The lowest BCUT2D eigenvalue weighted by atomic mass is 9.94. The van der Waals surface area contributed by atoms with Crippen LogP contribution in [0.3, 0.4) is 0 Å². The molecule has 0 aromatic carbocycles. The van der Waals surface area contributed by atoms with E-state index in [2.05, 4.69) is 11.0 Å². The Balaban J connectivity index is 2.07. The molecule has 3 unspecified atom stereocenters. The van der Waals surface area contributed by atoms with Gasteiger partial charge >= 0.3 is 0 Å². The molecular formula is C15H27NO3. The van der Waals surface area contributed by atoms with Gasteiger partial charge < -0.3 is 14.6 Å². The van der Waals surface area contributed by atoms with Crippen LogP contribution in [0.4, 0.5) is 0 Å². The third-order valence-corrected chi connectivity index (χ3v) is 4.59. The first-order valence-corrected chi connectivity index (χ1v) is 7.40. The van der Waals surface area contributed by atoms with Gasteiger partial charge in [0.25, 0.3) is 0 Å². The predicted octanol–water partition coefficient (Wildman–Crippen LogP) is 2.14. The van der Waals surface area contributed by atoms with Crippen LogP contribution in [-0.4, -0.2) is 49.1 Å². The average Bonchev–Trinajstić information content (AvgIpc) is 2.78. The van der Waals surface area contributed by atoms with Crippen molar-refractivity contribution in [2.24, 2.45) is 5.92 Å². The number of likely N-dealkylation sites (tertiary alicyclic amines) is 1. The van der Waals surface area contributed by atoms with Gasteiger partial charge in [-0.25, -0.2) is 0 Å². The van der Waals surface area contributed by atoms with E-state index in [1.807, 2.05) is 0 Å². The maximum Gasteiger partial charge on any atom is 0.181 e. The number of allylic oxidation sites excluding steroid dienone is 1. The maximum atomic E-state index is 10.7. The van der Waals surface area contributed by atoms with E-state index in [9.17, 15) is 5.11 Å². The SMILES string of the molecule is COC=CCC1CCC(O)(OC)C1N1CCCCC1. The highest BCUT2D eigenvalue weighted by Crippen LogP contribution is 2.41. The fourth-order valence-corrected chi connectivity index (χ4v) is 3.64. The summed E-state index contributed by atoms with van der Waals surface area (Å²) in [5, 5.41) is 10.7. The topological polar surface area (TPSA) is 41.9 Å². The molecule has 1 N–H and O–H groups in total. The van der Waals surface area contributed by atoms with Gasteiger partial charge in [-0.2, -0.15) is 0 Å². The first-order valence-electron chi connectivity index (χ1n) is 7.40. The van der Waals surface area contributed by atoms with Gasteiger partial charge in [-0.05, 0) is 50.8 Å². The molecule has 1 heterocycles. The van der Waals surface area contributed by atoms with E-state index in [4.69, 9.17) is 9.47 Å². The Bertz CT molecular complexity index is 302. The van der Waals surface area contributed by atoms with Crippen molar-refractivity contribution in [3.05, 3.63) is 12.3 Å². The van der Waals surface area contributed by atoms with Crippen LogP contribution in [0.1, 0.15) is 38.5 Å². The monoisotopic (exact) mass is 269 g/mol. The highest BCUT2D eigenvalue weighted by atomic mass is 16.6. The molecule has 0 aromatic rings. The summed E-state index contributed by atoms with van der Waals surface area (Å²) >= 11 is 0. The van der Waals surface area contributed by atoms with Gasteiger partial charge in [-0.3, -0.25) is 4.90 Å². The van der Waals surface area contributed by atoms with Crippen molar-refractivity contribution in [3.63, 3.8) is 0 Å². The molecule has 1 aliphatic carbocycles. The van der Waals surface area contributed by atoms with E-state index in [1.54, 1.807) is 20.5 Å². The molecule has 4 nitrogen and oxygen atoms in total. The molecule has 0 aromatic heterocycles. The molecule has 2 fully saturated rings. The first kappa shape index (κ1) is 14.8. The third-order valence-electron chi connectivity index (χ3n) is 4.59. The van der Waals surface area contributed by atoms with Gasteiger partial charge in [0.2, 0.25) is 0 Å². The predicted molar refractivity (Wildman–Crippen MR) is 74.7 cm³/mol. The van der Waals surface area contributed by atoms with Crippen molar-refractivity contribution in [3.8, 4) is 0 Å². The Kier molecular flexibility index (Phi) is 5.25. The van der Waals surface area contributed by atoms with Gasteiger partial charge in [0.1, 0.15) is 0 Å². The van der Waals surface area contributed by atoms with Crippen LogP contribution in [0, 0.1) is 5.92 Å². The van der Waals surface area contributed by atoms with Crippen molar-refractivity contribution in [2.45, 2.75) is 50.4 Å². The van der Waals surface area contributed by atoms with Gasteiger partial charge in [0, 0.05) is 13.5 Å². The summed E-state index contributed by atoms with van der Waals surface area (Å²) < 4.78 is 10.4. The van der Waals surface area contributed by atoms with Crippen LogP contribution in [0.25, 0.3) is 0 Å². The van der Waals surface area contributed by atoms with Gasteiger partial charge in [0.05, 0.1) is 19.4 Å². The van der Waals surface area contributed by atoms with Crippen LogP contribution in [0.2, 0.25) is 0 Å². The highest BCUT2D eigenvalue weighted by Gasteiger charge is 2.50. The molecule has 0 bridgehead atoms. The zero-order chi connectivity index (χ0) is 13.7. The molecule has 1 saturated carbocycles. The van der Waals surface area contributed by atoms with Crippen LogP contribution in [0.5, 0.6) is 0 Å². The summed E-state index contributed by atoms with van der Waals surface area (Å²) in [6.45, 7) is 2.17. The zero-order valence-corrected chi connectivity index (χ0v) is 12.2. The number of rotatable bonds is 5. The molecule has 1 aliphatic heterocycles. The van der Waals surface area contributed by atoms with Gasteiger partial charge in [0.15, 0.2) is 5.79 Å². The summed E-state index contributed by atoms with van der Waals surface area (Å²) in [6, 6.07) is 0.124. The fourth-order valence-electron chi connectivity index (χ4n) is 3.64. The molecule has 110 valence electrons. The molecule has 2 aliphatic rings. The molecule has 3 atom stereocenters. The van der Waals surface area contributed by atoms with Crippen LogP contribution in [0.15, 0.2) is 12.3 Å². The summed E-state index contributed by atoms with van der Waals surface area (Å²) in [5.41, 5.74) is 0. The van der Waals surface area contributed by atoms with E-state index in [0.717, 1.165) is 32.4 Å². The Hall–Kier alpha value is -0.580. The Labute approximate surface area is 116 Å². The Morgan fingerprint density at radius 3 is 2.63 bits per heavy atom. The minimum Gasteiger partial charge on any atom is -0.505 e. The van der Waals surface area contributed by atoms with Crippen molar-refractivity contribution in [1.82, 2.24) is 4.90 Å². The first-order chi connectivity index (χ1) is 9.21. The van der Waals surface area contributed by atoms with Crippen molar-refractivity contribution < 1.29 is 14.6 Å². The molecule has 19 heavy (non-hydrogen) atoms. The number of ether oxygens (including phenoxy) is 2. The summed E-state index contributed by atoms with van der Waals surface area (Å²) in [5.74, 6) is -0.516. The highest BCUT2D eigenvalue weighted by molar-refractivity contribution is 5.00. The maximum absolute atomic E-state index is 10.7. The molecular weight excluding hydrogens is 242 g/mol. The summed E-state index contributed by atoms with van der Waals surface area (Å²) in [6.07, 6.45) is 10.3. The quantitative estimate of drug-likeness (QED) is 0.613. The fraction of sp³-hybridized carbons (Fsp3) is 0.867. The van der Waals surface area contributed by atoms with Crippen LogP contribution < -0.4 is 0 Å². The lowest BCUT2D eigenvalue weighted by molar-refractivity contribution is -0.219. The van der Waals surface area contributed by atoms with Crippen molar-refractivity contribution in [2.75, 3.05) is 27.3 Å². The number of hydrogen-bond acceptors (Lipinski definition) is 4. The van der Waals surface area contributed by atoms with E-state index in [1.165, 1.54) is 19.3 Å². The zero-order valence-electron chi connectivity index (χ0n) is 12.2. The number of piperidine rings is 1. The molecule has 0 amide bonds. The average molecular weight is 269 g/mol. The standard InChI is InChI=1S/C15H27NO3/c1-18-12-6-7-13-8-9-15(17,19-2)14(13)16-10-4-3-5-11-16/h6,12-14,17H,3-5,7-11H2,1-2H3. The Morgan fingerprint density at radius 2 is 2.00 bits per heavy atom. The molecule has 0 radical (unpaired) electrons. The van der Waals surface area contributed by atoms with E-state index in [-0.39, 0.29) is 6.04 Å². The van der Waals surface area contributed by atoms with Gasteiger partial charge in [-0.1, -0.05) is 6.42 Å². The molecule has 0 spiro atoms.